The van der Waals surface area contributed by atoms with Gasteiger partial charge in [-0.2, -0.15) is 0 Å². The highest BCUT2D eigenvalue weighted by molar-refractivity contribution is 5.76. The second-order valence-electron chi connectivity index (χ2n) is 2.73. The van der Waals surface area contributed by atoms with Gasteiger partial charge < -0.3 is 10.0 Å². The van der Waals surface area contributed by atoms with Gasteiger partial charge in [0, 0.05) is 13.5 Å². The smallest absolute Gasteiger partial charge is 0.222 e. The molecule has 0 aromatic heterocycles. The Morgan fingerprint density at radius 3 is 3.00 bits per heavy atom. The Bertz CT molecular complexity index is 136. The van der Waals surface area contributed by atoms with E-state index >= 15 is 0 Å². The first-order valence-electron chi connectivity index (χ1n) is 3.62. The molecule has 1 saturated heterocycles. The minimum absolute atomic E-state index is 0.0706. The van der Waals surface area contributed by atoms with Crippen LogP contribution in [-0.4, -0.2) is 35.6 Å². The summed E-state index contributed by atoms with van der Waals surface area (Å²) >= 11 is 0. The summed E-state index contributed by atoms with van der Waals surface area (Å²) in [7, 11) is 1.75. The molecule has 58 valence electrons. The maximum Gasteiger partial charge on any atom is 0.222 e. The molecule has 1 heterocycles. The van der Waals surface area contributed by atoms with Crippen LogP contribution in [0.3, 0.4) is 0 Å². The van der Waals surface area contributed by atoms with Crippen LogP contribution in [0.5, 0.6) is 0 Å². The number of aliphatic hydroxyl groups excluding tert-OH is 1. The van der Waals surface area contributed by atoms with Crippen LogP contribution in [0.4, 0.5) is 0 Å². The molecule has 0 aromatic rings. The van der Waals surface area contributed by atoms with Gasteiger partial charge in [-0.15, -0.1) is 0 Å². The maximum atomic E-state index is 11.0. The Morgan fingerprint density at radius 1 is 1.80 bits per heavy atom. The third-order valence-corrected chi connectivity index (χ3v) is 2.08. The standard InChI is InChI=1S/C7H13NO2/c1-8-6(5-9)3-2-4-7(8)10/h6,9H,2-5H2,1H3/t6-/m1/s1. The topological polar surface area (TPSA) is 40.5 Å². The maximum absolute atomic E-state index is 11.0. The lowest BCUT2D eigenvalue weighted by Gasteiger charge is -2.30. The van der Waals surface area contributed by atoms with E-state index in [2.05, 4.69) is 0 Å². The zero-order valence-electron chi connectivity index (χ0n) is 6.21. The lowest BCUT2D eigenvalue weighted by Crippen LogP contribution is -2.42. The minimum Gasteiger partial charge on any atom is -0.394 e. The van der Waals surface area contributed by atoms with E-state index < -0.39 is 0 Å². The summed E-state index contributed by atoms with van der Waals surface area (Å²) in [5.74, 6) is 0.158. The van der Waals surface area contributed by atoms with Crippen molar-refractivity contribution in [2.24, 2.45) is 0 Å². The Morgan fingerprint density at radius 2 is 2.50 bits per heavy atom. The first-order chi connectivity index (χ1) is 4.75. The van der Waals surface area contributed by atoms with E-state index in [9.17, 15) is 4.79 Å². The number of carbonyl (C=O) groups excluding carboxylic acids is 1. The molecule has 0 spiro atoms. The van der Waals surface area contributed by atoms with Gasteiger partial charge in [-0.1, -0.05) is 0 Å². The second-order valence-corrected chi connectivity index (χ2v) is 2.73. The number of hydrogen-bond donors (Lipinski definition) is 1. The van der Waals surface area contributed by atoms with Gasteiger partial charge in [0.15, 0.2) is 0 Å². The van der Waals surface area contributed by atoms with Crippen LogP contribution in [0.25, 0.3) is 0 Å². The Kier molecular flexibility index (Phi) is 2.27. The molecule has 0 unspecified atom stereocenters. The number of hydrogen-bond acceptors (Lipinski definition) is 2. The summed E-state index contributed by atoms with van der Waals surface area (Å²) in [5, 5.41) is 8.79. The summed E-state index contributed by atoms with van der Waals surface area (Å²) in [4.78, 5) is 12.6. The molecular formula is C7H13NO2. The molecule has 0 saturated carbocycles. The van der Waals surface area contributed by atoms with Gasteiger partial charge in [-0.3, -0.25) is 4.79 Å². The Labute approximate surface area is 60.6 Å². The number of nitrogens with zero attached hydrogens (tertiary/aromatic N) is 1. The van der Waals surface area contributed by atoms with E-state index in [1.807, 2.05) is 0 Å². The predicted molar refractivity (Wildman–Crippen MR) is 37.5 cm³/mol. The molecule has 1 fully saturated rings. The molecule has 0 aliphatic carbocycles. The van der Waals surface area contributed by atoms with Crippen molar-refractivity contribution >= 4 is 5.91 Å². The quantitative estimate of drug-likeness (QED) is 0.561. The number of rotatable bonds is 1. The molecule has 1 amide bonds. The van der Waals surface area contributed by atoms with Gasteiger partial charge in [0.1, 0.15) is 0 Å². The van der Waals surface area contributed by atoms with Gasteiger partial charge >= 0.3 is 0 Å². The van der Waals surface area contributed by atoms with Crippen molar-refractivity contribution < 1.29 is 9.90 Å². The summed E-state index contributed by atoms with van der Waals surface area (Å²) in [5.41, 5.74) is 0. The highest BCUT2D eigenvalue weighted by Gasteiger charge is 2.23. The van der Waals surface area contributed by atoms with Gasteiger partial charge in [-0.05, 0) is 12.8 Å². The summed E-state index contributed by atoms with van der Waals surface area (Å²) < 4.78 is 0. The van der Waals surface area contributed by atoms with Gasteiger partial charge in [0.25, 0.3) is 0 Å². The molecule has 1 atom stereocenters. The van der Waals surface area contributed by atoms with Crippen molar-refractivity contribution in [2.45, 2.75) is 25.3 Å². The second kappa shape index (κ2) is 3.01. The van der Waals surface area contributed by atoms with E-state index in [4.69, 9.17) is 5.11 Å². The number of likely N-dealkylation sites (N-methyl/N-ethyl adjacent to an activating group) is 1. The van der Waals surface area contributed by atoms with Crippen LogP contribution in [0.1, 0.15) is 19.3 Å². The van der Waals surface area contributed by atoms with Crippen LogP contribution in [-0.2, 0) is 4.79 Å². The Hall–Kier alpha value is -0.570. The van der Waals surface area contributed by atoms with Crippen molar-refractivity contribution in [1.29, 1.82) is 0 Å². The van der Waals surface area contributed by atoms with E-state index in [1.54, 1.807) is 11.9 Å². The molecule has 3 nitrogen and oxygen atoms in total. The fraction of sp³-hybridized carbons (Fsp3) is 0.857. The van der Waals surface area contributed by atoms with Crippen molar-refractivity contribution in [3.63, 3.8) is 0 Å². The van der Waals surface area contributed by atoms with E-state index in [-0.39, 0.29) is 18.6 Å². The highest BCUT2D eigenvalue weighted by atomic mass is 16.3. The molecule has 1 rings (SSSR count). The third-order valence-electron chi connectivity index (χ3n) is 2.08. The molecule has 1 aliphatic rings. The molecule has 3 heteroatoms. The lowest BCUT2D eigenvalue weighted by molar-refractivity contribution is -0.135. The first-order valence-corrected chi connectivity index (χ1v) is 3.62. The lowest BCUT2D eigenvalue weighted by atomic mass is 10.0. The zero-order chi connectivity index (χ0) is 7.56. The summed E-state index contributed by atoms with van der Waals surface area (Å²) in [6.07, 6.45) is 2.51. The fourth-order valence-corrected chi connectivity index (χ4v) is 1.28. The minimum atomic E-state index is 0.0706. The number of piperidine rings is 1. The number of amides is 1. The first kappa shape index (κ1) is 7.54. The van der Waals surface area contributed by atoms with Crippen LogP contribution in [0.15, 0.2) is 0 Å². The van der Waals surface area contributed by atoms with Crippen LogP contribution in [0, 0.1) is 0 Å². The van der Waals surface area contributed by atoms with Crippen LogP contribution in [0.2, 0.25) is 0 Å². The fourth-order valence-electron chi connectivity index (χ4n) is 1.28. The van der Waals surface area contributed by atoms with E-state index in [0.717, 1.165) is 12.8 Å². The summed E-state index contributed by atoms with van der Waals surface area (Å²) in [6.45, 7) is 0.0994. The Balaban J connectivity index is 2.51. The molecule has 1 aliphatic heterocycles. The number of aliphatic hydroxyl groups is 1. The molecule has 1 N–H and O–H groups in total. The van der Waals surface area contributed by atoms with Crippen molar-refractivity contribution in [2.75, 3.05) is 13.7 Å². The van der Waals surface area contributed by atoms with Crippen molar-refractivity contribution in [3.8, 4) is 0 Å². The number of likely N-dealkylation sites (tertiary alicyclic amines) is 1. The highest BCUT2D eigenvalue weighted by Crippen LogP contribution is 2.15. The monoisotopic (exact) mass is 143 g/mol. The molecule has 0 radical (unpaired) electrons. The van der Waals surface area contributed by atoms with Crippen LogP contribution >= 0.6 is 0 Å². The SMILES string of the molecule is CN1C(=O)CCC[C@@H]1CO. The van der Waals surface area contributed by atoms with Gasteiger partial charge in [-0.25, -0.2) is 0 Å². The average Bonchev–Trinajstić information content (AvgIpc) is 1.95. The van der Waals surface area contributed by atoms with E-state index in [1.165, 1.54) is 0 Å². The van der Waals surface area contributed by atoms with Crippen molar-refractivity contribution in [3.05, 3.63) is 0 Å². The molecule has 0 bridgehead atoms. The van der Waals surface area contributed by atoms with Crippen molar-refractivity contribution in [1.82, 2.24) is 4.90 Å². The molecule has 0 aromatic carbocycles. The molecular weight excluding hydrogens is 130 g/mol. The number of carbonyl (C=O) groups is 1. The summed E-state index contributed by atoms with van der Waals surface area (Å²) in [6, 6.07) is 0.0706. The molecule has 10 heavy (non-hydrogen) atoms. The zero-order valence-corrected chi connectivity index (χ0v) is 6.21. The van der Waals surface area contributed by atoms with Gasteiger partial charge in [0.2, 0.25) is 5.91 Å². The predicted octanol–water partition coefficient (Wildman–Crippen LogP) is -0.0104. The third kappa shape index (κ3) is 1.29. The largest absolute Gasteiger partial charge is 0.394 e. The van der Waals surface area contributed by atoms with Gasteiger partial charge in [0.05, 0.1) is 12.6 Å². The van der Waals surface area contributed by atoms with Crippen LogP contribution < -0.4 is 0 Å². The normalized spacial score (nSPS) is 27.2. The average molecular weight is 143 g/mol. The van der Waals surface area contributed by atoms with E-state index in [0.29, 0.717) is 6.42 Å².